The Bertz CT molecular complexity index is 2010. The van der Waals surface area contributed by atoms with Gasteiger partial charge in [0, 0.05) is 24.6 Å². The molecule has 4 aliphatic rings. The molecule has 50 heavy (non-hydrogen) atoms. The summed E-state index contributed by atoms with van der Waals surface area (Å²) in [6, 6.07) is 28.3. The summed E-state index contributed by atoms with van der Waals surface area (Å²) in [5, 5.41) is 11.8. The SMILES string of the molecule is O=C(Nc1ccc(C(=O)O)cn1)C(=C[C@H]1CCC2(C1)O[C@H](c1ccccc1)[C@@H](c1ccccc1)O2)c1ccc(S(=O)(=O)C2CC2)c(C2CC2)c1. The van der Waals surface area contributed by atoms with Crippen molar-refractivity contribution in [1.29, 1.82) is 0 Å². The molecule has 8 rings (SSSR count). The number of nitrogens with zero attached hydrogens (tertiary/aromatic N) is 1. The second-order valence-corrected chi connectivity index (χ2v) is 16.1. The molecule has 1 aliphatic heterocycles. The van der Waals surface area contributed by atoms with Crippen LogP contribution in [-0.2, 0) is 24.1 Å². The number of aromatic carboxylic acids is 1. The van der Waals surface area contributed by atoms with Crippen molar-refractivity contribution in [3.63, 3.8) is 0 Å². The molecule has 3 aliphatic carbocycles. The molecule has 256 valence electrons. The van der Waals surface area contributed by atoms with E-state index in [-0.39, 0.29) is 40.7 Å². The van der Waals surface area contributed by atoms with Crippen molar-refractivity contribution < 1.29 is 32.6 Å². The van der Waals surface area contributed by atoms with E-state index in [1.807, 2.05) is 48.5 Å². The van der Waals surface area contributed by atoms with Crippen LogP contribution >= 0.6 is 0 Å². The van der Waals surface area contributed by atoms with Crippen molar-refractivity contribution in [2.24, 2.45) is 5.92 Å². The molecule has 0 bridgehead atoms. The van der Waals surface area contributed by atoms with E-state index in [4.69, 9.17) is 9.47 Å². The summed E-state index contributed by atoms with van der Waals surface area (Å²) in [5.74, 6) is -2.10. The van der Waals surface area contributed by atoms with Gasteiger partial charge in [0.05, 0.1) is 15.7 Å². The monoisotopic (exact) mass is 690 g/mol. The Morgan fingerprint density at radius 1 is 0.820 bits per heavy atom. The summed E-state index contributed by atoms with van der Waals surface area (Å²) < 4.78 is 40.4. The Morgan fingerprint density at radius 2 is 1.46 bits per heavy atom. The fourth-order valence-electron chi connectivity index (χ4n) is 7.31. The second-order valence-electron chi connectivity index (χ2n) is 13.9. The van der Waals surface area contributed by atoms with Gasteiger partial charge in [-0.15, -0.1) is 0 Å². The molecule has 10 heteroatoms. The third kappa shape index (κ3) is 6.51. The Kier molecular flexibility index (Phi) is 8.41. The predicted molar refractivity (Wildman–Crippen MR) is 187 cm³/mol. The van der Waals surface area contributed by atoms with Crippen LogP contribution in [0.15, 0.2) is 108 Å². The summed E-state index contributed by atoms with van der Waals surface area (Å²) in [6.45, 7) is 0. The van der Waals surface area contributed by atoms with E-state index in [9.17, 15) is 23.1 Å². The van der Waals surface area contributed by atoms with Crippen molar-refractivity contribution in [2.45, 2.75) is 79.0 Å². The molecule has 1 aromatic heterocycles. The van der Waals surface area contributed by atoms with Gasteiger partial charge in [0.2, 0.25) is 0 Å². The minimum atomic E-state index is -3.43. The van der Waals surface area contributed by atoms with Crippen LogP contribution < -0.4 is 5.32 Å². The number of aromatic nitrogens is 1. The first-order chi connectivity index (χ1) is 24.2. The first kappa shape index (κ1) is 32.6. The number of carbonyl (C=O) groups is 2. The average Bonchev–Trinajstić information content (AvgIpc) is 4.08. The van der Waals surface area contributed by atoms with Crippen molar-refractivity contribution in [1.82, 2.24) is 4.98 Å². The van der Waals surface area contributed by atoms with E-state index in [1.54, 1.807) is 12.1 Å². The fraction of sp³-hybridized carbons (Fsp3) is 0.325. The second kappa shape index (κ2) is 12.9. The third-order valence-electron chi connectivity index (χ3n) is 10.2. The molecule has 0 unspecified atom stereocenters. The molecule has 3 aromatic carbocycles. The highest BCUT2D eigenvalue weighted by atomic mass is 32.2. The number of rotatable bonds is 10. The smallest absolute Gasteiger partial charge is 0.337 e. The average molecular weight is 691 g/mol. The third-order valence-corrected chi connectivity index (χ3v) is 12.5. The molecular weight excluding hydrogens is 653 g/mol. The number of pyridine rings is 1. The number of carboxylic acid groups (broad SMARTS) is 1. The predicted octanol–water partition coefficient (Wildman–Crippen LogP) is 7.64. The van der Waals surface area contributed by atoms with Crippen LogP contribution in [0.25, 0.3) is 5.57 Å². The maximum absolute atomic E-state index is 14.1. The maximum Gasteiger partial charge on any atom is 0.337 e. The first-order valence-corrected chi connectivity index (χ1v) is 18.8. The molecule has 3 saturated carbocycles. The van der Waals surface area contributed by atoms with Gasteiger partial charge in [-0.1, -0.05) is 72.8 Å². The van der Waals surface area contributed by atoms with Crippen LogP contribution in [0.2, 0.25) is 0 Å². The largest absolute Gasteiger partial charge is 0.478 e. The number of sulfone groups is 1. The van der Waals surface area contributed by atoms with Gasteiger partial charge in [0.1, 0.15) is 18.0 Å². The highest BCUT2D eigenvalue weighted by molar-refractivity contribution is 7.92. The summed E-state index contributed by atoms with van der Waals surface area (Å²) in [6.07, 6.45) is 7.62. The van der Waals surface area contributed by atoms with Gasteiger partial charge in [-0.2, -0.15) is 0 Å². The number of carbonyl (C=O) groups excluding carboxylic acids is 1. The molecule has 0 radical (unpaired) electrons. The highest BCUT2D eigenvalue weighted by Gasteiger charge is 2.52. The number of anilines is 1. The van der Waals surface area contributed by atoms with Crippen LogP contribution in [0, 0.1) is 5.92 Å². The quantitative estimate of drug-likeness (QED) is 0.162. The van der Waals surface area contributed by atoms with Crippen molar-refractivity contribution >= 4 is 33.1 Å². The van der Waals surface area contributed by atoms with Gasteiger partial charge in [-0.25, -0.2) is 18.2 Å². The molecule has 9 nitrogen and oxygen atoms in total. The zero-order chi connectivity index (χ0) is 34.5. The minimum absolute atomic E-state index is 0.00994. The lowest BCUT2D eigenvalue weighted by molar-refractivity contribution is -0.172. The lowest BCUT2D eigenvalue weighted by atomic mass is 9.95. The van der Waals surface area contributed by atoms with Gasteiger partial charge in [-0.3, -0.25) is 4.79 Å². The Balaban J connectivity index is 1.13. The number of amides is 1. The molecule has 1 amide bonds. The van der Waals surface area contributed by atoms with Crippen LogP contribution in [0.1, 0.15) is 95.7 Å². The molecule has 4 fully saturated rings. The number of carboxylic acids is 1. The molecule has 4 aromatic rings. The maximum atomic E-state index is 14.1. The van der Waals surface area contributed by atoms with E-state index in [2.05, 4.69) is 34.6 Å². The number of benzene rings is 3. The van der Waals surface area contributed by atoms with Crippen molar-refractivity contribution in [3.05, 3.63) is 131 Å². The topological polar surface area (TPSA) is 132 Å². The zero-order valence-electron chi connectivity index (χ0n) is 27.4. The van der Waals surface area contributed by atoms with Gasteiger partial charge in [-0.05, 0) is 90.5 Å². The summed E-state index contributed by atoms with van der Waals surface area (Å²) >= 11 is 0. The van der Waals surface area contributed by atoms with E-state index in [1.165, 1.54) is 18.3 Å². The van der Waals surface area contributed by atoms with E-state index in [0.29, 0.717) is 41.7 Å². The summed E-state index contributed by atoms with van der Waals surface area (Å²) in [5.41, 5.74) is 3.88. The number of hydrogen-bond donors (Lipinski definition) is 2. The van der Waals surface area contributed by atoms with Gasteiger partial charge < -0.3 is 19.9 Å². The van der Waals surface area contributed by atoms with Crippen LogP contribution in [0.5, 0.6) is 0 Å². The summed E-state index contributed by atoms with van der Waals surface area (Å²) in [4.78, 5) is 30.0. The van der Waals surface area contributed by atoms with Crippen molar-refractivity contribution in [2.75, 3.05) is 5.32 Å². The minimum Gasteiger partial charge on any atom is -0.478 e. The van der Waals surface area contributed by atoms with E-state index in [0.717, 1.165) is 36.0 Å². The lowest BCUT2D eigenvalue weighted by Gasteiger charge is -2.23. The standard InChI is InChI=1S/C40H38N2O7S/c43-38(42-35-18-14-30(24-41-35)39(44)45)33(29-13-17-34(32(22-29)26-11-12-26)50(46,47)31-15-16-31)21-25-19-20-40(23-25)48-36(27-7-3-1-4-8-27)37(49-40)28-9-5-2-6-10-28/h1-10,13-14,17-18,21-22,24-26,31,36-37H,11-12,15-16,19-20,23H2,(H,44,45)(H,41,42,43)/t25-,36-,37-/m1/s1. The molecule has 2 N–H and O–H groups in total. The molecule has 1 saturated heterocycles. The fourth-order valence-corrected chi connectivity index (χ4v) is 9.24. The van der Waals surface area contributed by atoms with Crippen LogP contribution in [0.4, 0.5) is 5.82 Å². The Labute approximate surface area is 291 Å². The van der Waals surface area contributed by atoms with Crippen LogP contribution in [0.3, 0.4) is 0 Å². The number of ether oxygens (including phenoxy) is 2. The highest BCUT2D eigenvalue weighted by Crippen LogP contribution is 2.55. The number of allylic oxidation sites excluding steroid dienone is 1. The molecule has 1 spiro atoms. The first-order valence-electron chi connectivity index (χ1n) is 17.3. The van der Waals surface area contributed by atoms with Crippen molar-refractivity contribution in [3.8, 4) is 0 Å². The Hall–Kier alpha value is -4.64. The Morgan fingerprint density at radius 3 is 2.02 bits per heavy atom. The van der Waals surface area contributed by atoms with Gasteiger partial charge >= 0.3 is 5.97 Å². The molecule has 3 atom stereocenters. The summed E-state index contributed by atoms with van der Waals surface area (Å²) in [7, 11) is -3.43. The van der Waals surface area contributed by atoms with E-state index >= 15 is 0 Å². The zero-order valence-corrected chi connectivity index (χ0v) is 28.2. The van der Waals surface area contributed by atoms with Crippen LogP contribution in [-0.4, -0.2) is 41.4 Å². The number of hydrogen-bond acceptors (Lipinski definition) is 7. The molecular formula is C40H38N2O7S. The molecule has 2 heterocycles. The lowest BCUT2D eigenvalue weighted by Crippen LogP contribution is -2.26. The number of nitrogens with one attached hydrogen (secondary N) is 1. The van der Waals surface area contributed by atoms with E-state index < -0.39 is 27.5 Å². The normalized spacial score (nSPS) is 23.2. The van der Waals surface area contributed by atoms with Gasteiger partial charge in [0.25, 0.3) is 5.91 Å². The van der Waals surface area contributed by atoms with Gasteiger partial charge in [0.15, 0.2) is 15.6 Å².